The van der Waals surface area contributed by atoms with Gasteiger partial charge < -0.3 is 9.13 Å². The predicted molar refractivity (Wildman–Crippen MR) is 215 cm³/mol. The molecule has 0 atom stereocenters. The molecular weight excluding hydrogens is 678 g/mol. The van der Waals surface area contributed by atoms with Crippen LogP contribution in [0, 0.1) is 13.1 Å². The zero-order chi connectivity index (χ0) is 38.3. The predicted octanol–water partition coefficient (Wildman–Crippen LogP) is 14.3. The molecule has 7 heteroatoms. The lowest BCUT2D eigenvalue weighted by Crippen LogP contribution is -2.11. The minimum Gasteiger partial charge on any atom is -0.319 e. The van der Waals surface area contributed by atoms with Crippen LogP contribution in [0.3, 0.4) is 0 Å². The van der Waals surface area contributed by atoms with Crippen molar-refractivity contribution in [3.63, 3.8) is 0 Å². The Hall–Kier alpha value is -6.31. The average molecular weight is 715 g/mol. The maximum Gasteiger partial charge on any atom is 0.415 e. The second-order valence-electron chi connectivity index (χ2n) is 15.9. The van der Waals surface area contributed by atoms with Crippen LogP contribution < -0.4 is 0 Å². The van der Waals surface area contributed by atoms with Crippen molar-refractivity contribution in [2.45, 2.75) is 58.5 Å². The van der Waals surface area contributed by atoms with Gasteiger partial charge in [0.25, 0.3) is 0 Å². The smallest absolute Gasteiger partial charge is 0.319 e. The Kier molecular flexibility index (Phi) is 7.80. The Balaban J connectivity index is 1.59. The summed E-state index contributed by atoms with van der Waals surface area (Å²) in [6.45, 7) is 29.8. The molecular formula is C47H37F3N4. The molecule has 54 heavy (non-hydrogen) atoms. The average Bonchev–Trinajstić information content (AvgIpc) is 3.65. The van der Waals surface area contributed by atoms with Crippen molar-refractivity contribution >= 4 is 55.0 Å². The Morgan fingerprint density at radius 1 is 0.519 bits per heavy atom. The zero-order valence-corrected chi connectivity index (χ0v) is 30.9. The number of halogens is 3. The van der Waals surface area contributed by atoms with Crippen LogP contribution >= 0.6 is 0 Å². The molecule has 0 radical (unpaired) electrons. The molecule has 0 N–H and O–H groups in total. The second kappa shape index (κ2) is 12.1. The number of para-hydroxylation sites is 2. The van der Waals surface area contributed by atoms with Crippen molar-refractivity contribution < 1.29 is 13.2 Å². The summed E-state index contributed by atoms with van der Waals surface area (Å²) >= 11 is 0. The molecule has 0 fully saturated rings. The number of hydrogen-bond acceptors (Lipinski definition) is 0. The van der Waals surface area contributed by atoms with Crippen LogP contribution in [0.1, 0.15) is 58.2 Å². The van der Waals surface area contributed by atoms with E-state index < -0.39 is 11.7 Å². The van der Waals surface area contributed by atoms with Crippen molar-refractivity contribution in [2.75, 3.05) is 0 Å². The maximum absolute atomic E-state index is 15.0. The number of nitrogens with zero attached hydrogens (tertiary/aromatic N) is 4. The van der Waals surface area contributed by atoms with Crippen LogP contribution in [0.5, 0.6) is 0 Å². The molecule has 0 aliphatic rings. The van der Waals surface area contributed by atoms with Gasteiger partial charge in [-0.1, -0.05) is 114 Å². The van der Waals surface area contributed by atoms with Gasteiger partial charge in [-0.3, -0.25) is 0 Å². The van der Waals surface area contributed by atoms with Crippen molar-refractivity contribution in [3.05, 3.63) is 155 Å². The Labute approximate surface area is 312 Å². The third kappa shape index (κ3) is 5.34. The van der Waals surface area contributed by atoms with Gasteiger partial charge in [0.05, 0.1) is 52.1 Å². The molecule has 6 aromatic carbocycles. The summed E-state index contributed by atoms with van der Waals surface area (Å²) in [6, 6.07) is 35.5. The summed E-state index contributed by atoms with van der Waals surface area (Å²) in [4.78, 5) is 7.81. The van der Waals surface area contributed by atoms with E-state index >= 15 is 0 Å². The molecule has 0 amide bonds. The standard InChI is InChI=1S/C47H37F3N4/c1-45(2,3)28-20-23-39-33(26-28)30-14-9-11-18-37(30)53(39)41-25-22-32(42-35(47(48,49)50)16-13-17-36(42)51-7)44(43(41)52-8)54-38-19-12-10-15-31(38)34-27-29(46(4,5)6)21-24-40(34)54/h9-27H,1-6H3. The number of benzene rings is 6. The van der Waals surface area contributed by atoms with Crippen LogP contribution in [0.25, 0.3) is 75.8 Å². The van der Waals surface area contributed by atoms with E-state index in [4.69, 9.17) is 13.1 Å². The van der Waals surface area contributed by atoms with Crippen LogP contribution in [0.15, 0.2) is 115 Å². The lowest BCUT2D eigenvalue weighted by molar-refractivity contribution is -0.137. The van der Waals surface area contributed by atoms with Gasteiger partial charge in [-0.05, 0) is 70.0 Å². The van der Waals surface area contributed by atoms with E-state index in [0.29, 0.717) is 5.69 Å². The highest BCUT2D eigenvalue weighted by Gasteiger charge is 2.36. The lowest BCUT2D eigenvalue weighted by atomic mass is 9.86. The molecule has 2 heterocycles. The zero-order valence-electron chi connectivity index (χ0n) is 30.9. The van der Waals surface area contributed by atoms with E-state index in [1.807, 2.05) is 59.2 Å². The summed E-state index contributed by atoms with van der Waals surface area (Å²) in [5.74, 6) is 0. The lowest BCUT2D eigenvalue weighted by Gasteiger charge is -2.23. The molecule has 266 valence electrons. The molecule has 0 saturated carbocycles. The summed E-state index contributed by atoms with van der Waals surface area (Å²) in [5.41, 5.74) is 5.07. The monoisotopic (exact) mass is 714 g/mol. The normalized spacial score (nSPS) is 12.5. The van der Waals surface area contributed by atoms with Gasteiger partial charge >= 0.3 is 6.18 Å². The minimum absolute atomic E-state index is 0.107. The highest BCUT2D eigenvalue weighted by molar-refractivity contribution is 6.13. The van der Waals surface area contributed by atoms with Gasteiger partial charge in [-0.25, -0.2) is 9.69 Å². The van der Waals surface area contributed by atoms with Gasteiger partial charge in [0.2, 0.25) is 5.69 Å². The molecule has 0 spiro atoms. The van der Waals surface area contributed by atoms with Gasteiger partial charge in [-0.2, -0.15) is 13.2 Å². The van der Waals surface area contributed by atoms with Crippen LogP contribution in [-0.2, 0) is 17.0 Å². The number of rotatable bonds is 3. The molecule has 8 rings (SSSR count). The molecule has 4 nitrogen and oxygen atoms in total. The Morgan fingerprint density at radius 3 is 1.56 bits per heavy atom. The topological polar surface area (TPSA) is 18.6 Å². The molecule has 0 aliphatic heterocycles. The van der Waals surface area contributed by atoms with Gasteiger partial charge in [0.15, 0.2) is 5.69 Å². The van der Waals surface area contributed by atoms with E-state index in [1.165, 1.54) is 12.1 Å². The third-order valence-corrected chi connectivity index (χ3v) is 10.5. The number of fused-ring (bicyclic) bond motifs is 6. The Morgan fingerprint density at radius 2 is 1.04 bits per heavy atom. The van der Waals surface area contributed by atoms with Crippen molar-refractivity contribution in [3.8, 4) is 22.5 Å². The first-order valence-corrected chi connectivity index (χ1v) is 17.8. The van der Waals surface area contributed by atoms with Crippen LogP contribution in [0.2, 0.25) is 0 Å². The fourth-order valence-corrected chi connectivity index (χ4v) is 7.82. The molecule has 0 aliphatic carbocycles. The molecule has 8 aromatic rings. The summed E-state index contributed by atoms with van der Waals surface area (Å²) in [7, 11) is 0. The first-order chi connectivity index (χ1) is 25.6. The van der Waals surface area contributed by atoms with Crippen LogP contribution in [0.4, 0.5) is 24.5 Å². The quantitative estimate of drug-likeness (QED) is 0.162. The first-order valence-electron chi connectivity index (χ1n) is 17.8. The van der Waals surface area contributed by atoms with E-state index in [0.717, 1.165) is 60.8 Å². The SMILES string of the molecule is [C-]#[N+]c1cccc(C(F)(F)F)c1-c1ccc(-n2c3ccccc3c3cc(C(C)(C)C)ccc32)c([N+]#[C-])c1-n1c2ccccc2c2cc(C(C)(C)C)ccc21. The first kappa shape index (κ1) is 34.8. The molecule has 0 saturated heterocycles. The van der Waals surface area contributed by atoms with E-state index in [1.54, 1.807) is 12.1 Å². The molecule has 0 unspecified atom stereocenters. The summed E-state index contributed by atoms with van der Waals surface area (Å²) in [5, 5.41) is 3.85. The summed E-state index contributed by atoms with van der Waals surface area (Å²) < 4.78 is 48.9. The molecule has 0 bridgehead atoms. The third-order valence-electron chi connectivity index (χ3n) is 10.5. The van der Waals surface area contributed by atoms with E-state index in [-0.39, 0.29) is 39.0 Å². The fraction of sp³-hybridized carbons (Fsp3) is 0.191. The van der Waals surface area contributed by atoms with Crippen LogP contribution in [-0.4, -0.2) is 9.13 Å². The number of alkyl halides is 3. The number of hydrogen-bond donors (Lipinski definition) is 0. The number of aromatic nitrogens is 2. The fourth-order valence-electron chi connectivity index (χ4n) is 7.82. The van der Waals surface area contributed by atoms with Crippen molar-refractivity contribution in [2.24, 2.45) is 0 Å². The Bertz CT molecular complexity index is 2910. The highest BCUT2D eigenvalue weighted by Crippen LogP contribution is 2.50. The van der Waals surface area contributed by atoms with Crippen molar-refractivity contribution in [1.82, 2.24) is 9.13 Å². The second-order valence-corrected chi connectivity index (χ2v) is 15.9. The van der Waals surface area contributed by atoms with E-state index in [9.17, 15) is 13.2 Å². The van der Waals surface area contributed by atoms with Crippen molar-refractivity contribution in [1.29, 1.82) is 0 Å². The van der Waals surface area contributed by atoms with Gasteiger partial charge in [0.1, 0.15) is 0 Å². The van der Waals surface area contributed by atoms with Gasteiger partial charge in [-0.15, -0.1) is 0 Å². The highest BCUT2D eigenvalue weighted by atomic mass is 19.4. The minimum atomic E-state index is -4.76. The summed E-state index contributed by atoms with van der Waals surface area (Å²) in [6.07, 6.45) is -4.76. The largest absolute Gasteiger partial charge is 0.415 e. The maximum atomic E-state index is 15.0. The van der Waals surface area contributed by atoms with Gasteiger partial charge in [0, 0.05) is 27.1 Å². The molecule has 2 aromatic heterocycles. The van der Waals surface area contributed by atoms with E-state index in [2.05, 4.69) is 86.1 Å².